The predicted octanol–water partition coefficient (Wildman–Crippen LogP) is 1.45. The van der Waals surface area contributed by atoms with Gasteiger partial charge in [-0.05, 0) is 26.0 Å². The largest absolute Gasteiger partial charge is 0.341 e. The van der Waals surface area contributed by atoms with Crippen molar-refractivity contribution in [1.82, 2.24) is 0 Å². The summed E-state index contributed by atoms with van der Waals surface area (Å²) in [6.45, 7) is 3.65. The maximum atomic E-state index is 11.6. The average Bonchev–Trinajstić information content (AvgIpc) is 2.81. The number of benzene rings is 1. The normalized spacial score (nSPS) is 25.2. The van der Waals surface area contributed by atoms with Crippen molar-refractivity contribution >= 4 is 10.1 Å². The summed E-state index contributed by atoms with van der Waals surface area (Å²) in [6.07, 6.45) is -0.749. The molecule has 1 saturated heterocycles. The Hall–Kier alpha value is -0.910. The van der Waals surface area contributed by atoms with Crippen LogP contribution in [0.4, 0.5) is 0 Å². The van der Waals surface area contributed by atoms with E-state index in [2.05, 4.69) is 0 Å². The van der Waals surface area contributed by atoms with Gasteiger partial charge in [0.05, 0.1) is 4.90 Å². The summed E-state index contributed by atoms with van der Waals surface area (Å²) in [4.78, 5) is 0.163. The lowest BCUT2D eigenvalue weighted by Crippen LogP contribution is -2.09. The molecule has 1 fully saturated rings. The van der Waals surface area contributed by atoms with Gasteiger partial charge < -0.3 is 4.74 Å². The van der Waals surface area contributed by atoms with Crippen molar-refractivity contribution < 1.29 is 17.3 Å². The van der Waals surface area contributed by atoms with Crippen molar-refractivity contribution in [1.29, 1.82) is 0 Å². The highest BCUT2D eigenvalue weighted by Gasteiger charge is 2.40. The third-order valence-corrected chi connectivity index (χ3v) is 3.48. The molecule has 0 aromatic heterocycles. The molecule has 1 aliphatic rings. The van der Waals surface area contributed by atoms with Crippen LogP contribution in [-0.2, 0) is 19.0 Å². The molecule has 15 heavy (non-hydrogen) atoms. The summed E-state index contributed by atoms with van der Waals surface area (Å²) < 4.78 is 33.0. The highest BCUT2D eigenvalue weighted by atomic mass is 32.2. The van der Waals surface area contributed by atoms with Gasteiger partial charge in [0, 0.05) is 0 Å². The van der Waals surface area contributed by atoms with Crippen LogP contribution >= 0.6 is 0 Å². The molecule has 1 aromatic carbocycles. The Kier molecular flexibility index (Phi) is 2.54. The van der Waals surface area contributed by atoms with Crippen LogP contribution in [0, 0.1) is 6.92 Å². The van der Waals surface area contributed by atoms with Gasteiger partial charge in [0.1, 0.15) is 6.10 Å². The molecule has 1 heterocycles. The molecule has 0 saturated carbocycles. The smallest absolute Gasteiger partial charge is 0.299 e. The molecule has 2 atom stereocenters. The fourth-order valence-electron chi connectivity index (χ4n) is 1.15. The second-order valence-electron chi connectivity index (χ2n) is 3.57. The van der Waals surface area contributed by atoms with E-state index in [1.165, 1.54) is 12.1 Å². The summed E-state index contributed by atoms with van der Waals surface area (Å²) in [5.41, 5.74) is 1.00. The SMILES string of the molecule is Cc1ccc(S(=O)(=O)OC2OC2C)cc1. The molecule has 0 aliphatic carbocycles. The Balaban J connectivity index is 2.18. The molecule has 2 rings (SSSR count). The van der Waals surface area contributed by atoms with E-state index in [1.54, 1.807) is 19.1 Å². The molecule has 0 radical (unpaired) electrons. The molecule has 0 spiro atoms. The molecule has 1 aliphatic heterocycles. The summed E-state index contributed by atoms with van der Waals surface area (Å²) >= 11 is 0. The quantitative estimate of drug-likeness (QED) is 0.580. The first-order chi connectivity index (χ1) is 6.99. The van der Waals surface area contributed by atoms with E-state index in [4.69, 9.17) is 8.92 Å². The highest BCUT2D eigenvalue weighted by molar-refractivity contribution is 7.86. The van der Waals surface area contributed by atoms with Crippen molar-refractivity contribution in [2.24, 2.45) is 0 Å². The predicted molar refractivity (Wildman–Crippen MR) is 53.8 cm³/mol. The van der Waals surface area contributed by atoms with E-state index in [0.29, 0.717) is 0 Å². The fraction of sp³-hybridized carbons (Fsp3) is 0.400. The molecule has 5 heteroatoms. The van der Waals surface area contributed by atoms with Crippen LogP contribution in [0.15, 0.2) is 29.2 Å². The first kappa shape index (κ1) is 10.6. The number of hydrogen-bond acceptors (Lipinski definition) is 4. The maximum Gasteiger partial charge on any atom is 0.299 e. The molecular weight excluding hydrogens is 216 g/mol. The first-order valence-corrected chi connectivity index (χ1v) is 6.05. The summed E-state index contributed by atoms with van der Waals surface area (Å²) in [5.74, 6) is 0. The Morgan fingerprint density at radius 2 is 1.80 bits per heavy atom. The van der Waals surface area contributed by atoms with Crippen LogP contribution in [0.3, 0.4) is 0 Å². The number of rotatable bonds is 3. The molecule has 82 valence electrons. The molecule has 0 N–H and O–H groups in total. The van der Waals surface area contributed by atoms with Crippen molar-refractivity contribution in [3.05, 3.63) is 29.8 Å². The van der Waals surface area contributed by atoms with E-state index in [9.17, 15) is 8.42 Å². The van der Waals surface area contributed by atoms with Gasteiger partial charge in [-0.2, -0.15) is 8.42 Å². The van der Waals surface area contributed by atoms with Gasteiger partial charge in [-0.25, -0.2) is 4.18 Å². The van der Waals surface area contributed by atoms with Crippen LogP contribution < -0.4 is 0 Å². The van der Waals surface area contributed by atoms with Gasteiger partial charge in [-0.1, -0.05) is 17.7 Å². The lowest BCUT2D eigenvalue weighted by atomic mass is 10.2. The first-order valence-electron chi connectivity index (χ1n) is 4.64. The van der Waals surface area contributed by atoms with Gasteiger partial charge in [0.2, 0.25) is 6.29 Å². The number of hydrogen-bond donors (Lipinski definition) is 0. The number of ether oxygens (including phenoxy) is 1. The summed E-state index contributed by atoms with van der Waals surface area (Å²) in [5, 5.41) is 0. The fourth-order valence-corrected chi connectivity index (χ4v) is 2.18. The van der Waals surface area contributed by atoms with E-state index >= 15 is 0 Å². The lowest BCUT2D eigenvalue weighted by molar-refractivity contribution is 0.185. The van der Waals surface area contributed by atoms with Crippen LogP contribution in [0.5, 0.6) is 0 Å². The molecule has 2 unspecified atom stereocenters. The summed E-state index contributed by atoms with van der Waals surface area (Å²) in [6, 6.07) is 6.51. The Labute approximate surface area is 88.9 Å². The molecule has 0 amide bonds. The Morgan fingerprint density at radius 3 is 2.27 bits per heavy atom. The monoisotopic (exact) mass is 228 g/mol. The molecule has 1 aromatic rings. The molecular formula is C10H12O4S. The lowest BCUT2D eigenvalue weighted by Gasteiger charge is -2.02. The molecule has 4 nitrogen and oxygen atoms in total. The second kappa shape index (κ2) is 3.59. The van der Waals surface area contributed by atoms with Crippen LogP contribution in [0.25, 0.3) is 0 Å². The Bertz CT molecular complexity index is 449. The van der Waals surface area contributed by atoms with Crippen molar-refractivity contribution in [3.8, 4) is 0 Å². The third-order valence-electron chi connectivity index (χ3n) is 2.19. The number of epoxide rings is 1. The maximum absolute atomic E-state index is 11.6. The highest BCUT2D eigenvalue weighted by Crippen LogP contribution is 2.27. The minimum atomic E-state index is -3.67. The van der Waals surface area contributed by atoms with E-state index in [1.807, 2.05) is 6.92 Å². The molecule has 0 bridgehead atoms. The van der Waals surface area contributed by atoms with Crippen molar-refractivity contribution in [3.63, 3.8) is 0 Å². The van der Waals surface area contributed by atoms with Crippen molar-refractivity contribution in [2.75, 3.05) is 0 Å². The zero-order chi connectivity index (χ0) is 11.1. The van der Waals surface area contributed by atoms with Crippen LogP contribution in [0.2, 0.25) is 0 Å². The van der Waals surface area contributed by atoms with Crippen LogP contribution in [0.1, 0.15) is 12.5 Å². The standard InChI is InChI=1S/C10H12O4S/c1-7-3-5-9(6-4-7)15(11,12)14-10-8(2)13-10/h3-6,8,10H,1-2H3. The van der Waals surface area contributed by atoms with Crippen molar-refractivity contribution in [2.45, 2.75) is 31.1 Å². The second-order valence-corrected chi connectivity index (χ2v) is 5.15. The topological polar surface area (TPSA) is 55.9 Å². The van der Waals surface area contributed by atoms with Gasteiger partial charge in [-0.3, -0.25) is 0 Å². The van der Waals surface area contributed by atoms with E-state index in [0.717, 1.165) is 5.56 Å². The zero-order valence-corrected chi connectivity index (χ0v) is 9.32. The van der Waals surface area contributed by atoms with E-state index in [-0.39, 0.29) is 11.0 Å². The van der Waals surface area contributed by atoms with Gasteiger partial charge >= 0.3 is 0 Å². The zero-order valence-electron chi connectivity index (χ0n) is 8.51. The third kappa shape index (κ3) is 2.37. The Morgan fingerprint density at radius 1 is 1.27 bits per heavy atom. The minimum absolute atomic E-state index is 0.134. The minimum Gasteiger partial charge on any atom is -0.341 e. The van der Waals surface area contributed by atoms with Gasteiger partial charge in [0.25, 0.3) is 10.1 Å². The van der Waals surface area contributed by atoms with Gasteiger partial charge in [0.15, 0.2) is 0 Å². The van der Waals surface area contributed by atoms with Gasteiger partial charge in [-0.15, -0.1) is 0 Å². The average molecular weight is 228 g/mol. The van der Waals surface area contributed by atoms with E-state index < -0.39 is 16.4 Å². The summed E-state index contributed by atoms with van der Waals surface area (Å²) in [7, 11) is -3.67. The van der Waals surface area contributed by atoms with Crippen LogP contribution in [-0.4, -0.2) is 20.8 Å². The number of aryl methyl sites for hydroxylation is 1.